The number of rotatable bonds is 5. The maximum Gasteiger partial charge on any atom is 0.321 e. The number of amides is 2. The number of aliphatic hydroxyl groups excluding tert-OH is 2. The Morgan fingerprint density at radius 2 is 2.32 bits per heavy atom. The van der Waals surface area contributed by atoms with Crippen LogP contribution >= 0.6 is 0 Å². The van der Waals surface area contributed by atoms with E-state index in [-0.39, 0.29) is 12.5 Å². The average Bonchev–Trinajstić information content (AvgIpc) is 2.34. The van der Waals surface area contributed by atoms with Crippen LogP contribution in [0.25, 0.3) is 0 Å². The summed E-state index contributed by atoms with van der Waals surface area (Å²) in [4.78, 5) is 19.8. The molecule has 1 atom stereocenters. The maximum absolute atomic E-state index is 11.5. The minimum Gasteiger partial charge on any atom is -0.394 e. The molecule has 1 heterocycles. The highest BCUT2D eigenvalue weighted by atomic mass is 16.3. The van der Waals surface area contributed by atoms with Crippen LogP contribution in [0.3, 0.4) is 0 Å². The molecular weight excluding hydrogens is 248 g/mol. The number of hydrogen-bond acceptors (Lipinski definition) is 5. The summed E-state index contributed by atoms with van der Waals surface area (Å²) < 4.78 is 0. The van der Waals surface area contributed by atoms with Crippen LogP contribution in [0.5, 0.6) is 0 Å². The summed E-state index contributed by atoms with van der Waals surface area (Å²) in [6.45, 7) is -0.418. The third-order valence-electron chi connectivity index (χ3n) is 3.13. The lowest BCUT2D eigenvalue weighted by Gasteiger charge is -2.24. The predicted molar refractivity (Wildman–Crippen MR) is 68.7 cm³/mol. The first kappa shape index (κ1) is 13.7. The van der Waals surface area contributed by atoms with E-state index in [1.54, 1.807) is 6.20 Å². The molecule has 1 aliphatic rings. The smallest absolute Gasteiger partial charge is 0.321 e. The monoisotopic (exact) mass is 266 g/mol. The number of nitrogens with zero attached hydrogens (tertiary/aromatic N) is 2. The van der Waals surface area contributed by atoms with E-state index >= 15 is 0 Å². The van der Waals surface area contributed by atoms with Gasteiger partial charge in [0.25, 0.3) is 0 Å². The number of nitrogens with one attached hydrogen (secondary N) is 2. The molecule has 1 aromatic rings. The zero-order valence-electron chi connectivity index (χ0n) is 10.5. The van der Waals surface area contributed by atoms with Crippen LogP contribution in [0.1, 0.15) is 30.9 Å². The van der Waals surface area contributed by atoms with Crippen LogP contribution in [0.15, 0.2) is 12.3 Å². The molecule has 1 fully saturated rings. The van der Waals surface area contributed by atoms with E-state index < -0.39 is 18.7 Å². The van der Waals surface area contributed by atoms with E-state index in [1.807, 2.05) is 6.07 Å². The second kappa shape index (κ2) is 6.44. The topological polar surface area (TPSA) is 107 Å². The lowest BCUT2D eigenvalue weighted by molar-refractivity contribution is 0.0965. The summed E-state index contributed by atoms with van der Waals surface area (Å²) in [5.41, 5.74) is 0.951. The SMILES string of the molecule is O=C(NCC(O)CO)Nc1nccc(C2CCC2)n1. The molecule has 1 unspecified atom stereocenters. The molecule has 7 heteroatoms. The standard InChI is InChI=1S/C12H18N4O3/c17-7-9(18)6-14-12(19)16-11-13-5-4-10(15-11)8-2-1-3-8/h4-5,8-9,17-18H,1-3,6-7H2,(H2,13,14,15,16,19). The van der Waals surface area contributed by atoms with Crippen molar-refractivity contribution < 1.29 is 15.0 Å². The molecular formula is C12H18N4O3. The van der Waals surface area contributed by atoms with E-state index in [4.69, 9.17) is 10.2 Å². The van der Waals surface area contributed by atoms with E-state index in [0.29, 0.717) is 5.92 Å². The van der Waals surface area contributed by atoms with Gasteiger partial charge < -0.3 is 15.5 Å². The maximum atomic E-state index is 11.5. The van der Waals surface area contributed by atoms with Crippen LogP contribution in [0, 0.1) is 0 Å². The van der Waals surface area contributed by atoms with Crippen molar-refractivity contribution in [3.63, 3.8) is 0 Å². The van der Waals surface area contributed by atoms with Crippen molar-refractivity contribution in [2.75, 3.05) is 18.5 Å². The second-order valence-electron chi connectivity index (χ2n) is 4.60. The quantitative estimate of drug-likeness (QED) is 0.610. The Hall–Kier alpha value is -1.73. The van der Waals surface area contributed by atoms with Crippen LogP contribution in [-0.2, 0) is 0 Å². The first-order chi connectivity index (χ1) is 9.19. The third-order valence-corrected chi connectivity index (χ3v) is 3.13. The van der Waals surface area contributed by atoms with Gasteiger partial charge in [-0.15, -0.1) is 0 Å². The molecule has 0 spiro atoms. The Morgan fingerprint density at radius 1 is 1.53 bits per heavy atom. The van der Waals surface area contributed by atoms with Gasteiger partial charge in [0.15, 0.2) is 0 Å². The van der Waals surface area contributed by atoms with Gasteiger partial charge in [0.1, 0.15) is 0 Å². The molecule has 0 radical (unpaired) electrons. The number of hydrogen-bond donors (Lipinski definition) is 4. The van der Waals surface area contributed by atoms with Crippen molar-refractivity contribution in [2.24, 2.45) is 0 Å². The summed E-state index contributed by atoms with van der Waals surface area (Å²) in [5.74, 6) is 0.725. The molecule has 0 aromatic carbocycles. The van der Waals surface area contributed by atoms with Gasteiger partial charge in [-0.3, -0.25) is 5.32 Å². The zero-order valence-corrected chi connectivity index (χ0v) is 10.5. The third kappa shape index (κ3) is 3.87. The number of carbonyl (C=O) groups excluding carboxylic acids is 1. The molecule has 1 aliphatic carbocycles. The van der Waals surface area contributed by atoms with E-state index in [0.717, 1.165) is 18.5 Å². The zero-order chi connectivity index (χ0) is 13.7. The number of urea groups is 1. The molecule has 1 saturated carbocycles. The van der Waals surface area contributed by atoms with Crippen LogP contribution in [0.4, 0.5) is 10.7 Å². The first-order valence-corrected chi connectivity index (χ1v) is 6.35. The highest BCUT2D eigenvalue weighted by Gasteiger charge is 2.21. The molecule has 2 amide bonds. The van der Waals surface area contributed by atoms with Gasteiger partial charge in [-0.1, -0.05) is 6.42 Å². The van der Waals surface area contributed by atoms with E-state index in [1.165, 1.54) is 6.42 Å². The lowest BCUT2D eigenvalue weighted by atomic mass is 9.83. The number of carbonyl (C=O) groups is 1. The molecule has 4 N–H and O–H groups in total. The molecule has 104 valence electrons. The fourth-order valence-corrected chi connectivity index (χ4v) is 1.79. The summed E-state index contributed by atoms with van der Waals surface area (Å²) in [7, 11) is 0. The van der Waals surface area contributed by atoms with Crippen molar-refractivity contribution in [2.45, 2.75) is 31.3 Å². The molecule has 0 bridgehead atoms. The van der Waals surface area contributed by atoms with Gasteiger partial charge in [0.2, 0.25) is 5.95 Å². The molecule has 7 nitrogen and oxygen atoms in total. The van der Waals surface area contributed by atoms with Gasteiger partial charge in [0.05, 0.1) is 12.7 Å². The van der Waals surface area contributed by atoms with Crippen molar-refractivity contribution in [1.29, 1.82) is 0 Å². The minimum atomic E-state index is -0.965. The highest BCUT2D eigenvalue weighted by molar-refractivity contribution is 5.87. The number of anilines is 1. The highest BCUT2D eigenvalue weighted by Crippen LogP contribution is 2.35. The molecule has 1 aromatic heterocycles. The van der Waals surface area contributed by atoms with Crippen molar-refractivity contribution >= 4 is 12.0 Å². The molecule has 0 saturated heterocycles. The van der Waals surface area contributed by atoms with Gasteiger partial charge in [-0.25, -0.2) is 14.8 Å². The van der Waals surface area contributed by atoms with Gasteiger partial charge in [-0.2, -0.15) is 0 Å². The van der Waals surface area contributed by atoms with Crippen LogP contribution < -0.4 is 10.6 Å². The Bertz CT molecular complexity index is 437. The Balaban J connectivity index is 1.86. The predicted octanol–water partition coefficient (Wildman–Crippen LogP) is 0.219. The van der Waals surface area contributed by atoms with Crippen molar-refractivity contribution in [3.05, 3.63) is 18.0 Å². The average molecular weight is 266 g/mol. The van der Waals surface area contributed by atoms with Crippen molar-refractivity contribution in [3.8, 4) is 0 Å². The Labute approximate surface area is 111 Å². The Morgan fingerprint density at radius 3 is 2.95 bits per heavy atom. The molecule has 19 heavy (non-hydrogen) atoms. The summed E-state index contributed by atoms with van der Waals surface area (Å²) >= 11 is 0. The largest absolute Gasteiger partial charge is 0.394 e. The first-order valence-electron chi connectivity index (χ1n) is 6.35. The van der Waals surface area contributed by atoms with Crippen LogP contribution in [-0.4, -0.2) is 45.5 Å². The van der Waals surface area contributed by atoms with Gasteiger partial charge in [-0.05, 0) is 18.9 Å². The number of aromatic nitrogens is 2. The summed E-state index contributed by atoms with van der Waals surface area (Å²) in [5, 5.41) is 22.6. The fraction of sp³-hybridized carbons (Fsp3) is 0.583. The van der Waals surface area contributed by atoms with Crippen molar-refractivity contribution in [1.82, 2.24) is 15.3 Å². The minimum absolute atomic E-state index is 0.0232. The van der Waals surface area contributed by atoms with Gasteiger partial charge in [0, 0.05) is 24.4 Å². The summed E-state index contributed by atoms with van der Waals surface area (Å²) in [6, 6.07) is 1.36. The lowest BCUT2D eigenvalue weighted by Crippen LogP contribution is -2.37. The Kier molecular flexibility index (Phi) is 4.64. The van der Waals surface area contributed by atoms with E-state index in [9.17, 15) is 4.79 Å². The summed E-state index contributed by atoms with van der Waals surface area (Å²) in [6.07, 6.45) is 4.14. The number of aliphatic hydroxyl groups is 2. The molecule has 2 rings (SSSR count). The van der Waals surface area contributed by atoms with E-state index in [2.05, 4.69) is 20.6 Å². The molecule has 0 aliphatic heterocycles. The second-order valence-corrected chi connectivity index (χ2v) is 4.60. The van der Waals surface area contributed by atoms with Crippen LogP contribution in [0.2, 0.25) is 0 Å². The normalized spacial score (nSPS) is 16.5. The fourth-order valence-electron chi connectivity index (χ4n) is 1.79. The van der Waals surface area contributed by atoms with Gasteiger partial charge >= 0.3 is 6.03 Å².